The second kappa shape index (κ2) is 8.65. The maximum atomic E-state index is 12.8. The van der Waals surface area contributed by atoms with Gasteiger partial charge >= 0.3 is 0 Å². The zero-order chi connectivity index (χ0) is 22.0. The van der Waals surface area contributed by atoms with Crippen LogP contribution in [0.2, 0.25) is 0 Å². The standard InChI is InChI=1S/C22H24N6O3/c1-15(17-7-4-3-5-8-17)26-12-11-18(14-26)23-22(29)21-16(2)27(25-24-21)19-9-6-10-20(13-19)28(30)31/h3-10,13,15,18H,11-12,14H2,1-2H3,(H,23,29). The smallest absolute Gasteiger partial charge is 0.274 e. The average Bonchev–Trinajstić information content (AvgIpc) is 3.40. The summed E-state index contributed by atoms with van der Waals surface area (Å²) in [6.07, 6.45) is 0.862. The van der Waals surface area contributed by atoms with E-state index in [0.29, 0.717) is 11.4 Å². The number of hydrogen-bond donors (Lipinski definition) is 1. The molecule has 2 atom stereocenters. The molecule has 1 aliphatic rings. The van der Waals surface area contributed by atoms with Gasteiger partial charge in [0.25, 0.3) is 11.6 Å². The van der Waals surface area contributed by atoms with Gasteiger partial charge in [-0.15, -0.1) is 5.10 Å². The number of likely N-dealkylation sites (tertiary alicyclic amines) is 1. The van der Waals surface area contributed by atoms with Gasteiger partial charge in [-0.25, -0.2) is 4.68 Å². The van der Waals surface area contributed by atoms with Crippen LogP contribution in [0.1, 0.15) is 41.1 Å². The number of nitrogens with one attached hydrogen (secondary N) is 1. The van der Waals surface area contributed by atoms with Crippen molar-refractivity contribution in [1.29, 1.82) is 0 Å². The van der Waals surface area contributed by atoms with Gasteiger partial charge in [0, 0.05) is 37.3 Å². The minimum atomic E-state index is -0.467. The predicted octanol–water partition coefficient (Wildman–Crippen LogP) is 3.05. The Morgan fingerprint density at radius 1 is 1.23 bits per heavy atom. The maximum absolute atomic E-state index is 12.8. The monoisotopic (exact) mass is 420 g/mol. The molecular formula is C22H24N6O3. The molecule has 0 spiro atoms. The highest BCUT2D eigenvalue weighted by molar-refractivity contribution is 5.93. The van der Waals surface area contributed by atoms with E-state index in [9.17, 15) is 14.9 Å². The number of carbonyl (C=O) groups is 1. The van der Waals surface area contributed by atoms with Gasteiger partial charge in [-0.2, -0.15) is 0 Å². The molecule has 2 aromatic carbocycles. The van der Waals surface area contributed by atoms with Crippen molar-refractivity contribution >= 4 is 11.6 Å². The summed E-state index contributed by atoms with van der Waals surface area (Å²) in [5.74, 6) is -0.284. The van der Waals surface area contributed by atoms with E-state index in [-0.39, 0.29) is 29.4 Å². The van der Waals surface area contributed by atoms with Crippen LogP contribution < -0.4 is 5.32 Å². The van der Waals surface area contributed by atoms with Crippen molar-refractivity contribution in [3.05, 3.63) is 81.7 Å². The molecule has 2 unspecified atom stereocenters. The number of nitro groups is 1. The van der Waals surface area contributed by atoms with Crippen molar-refractivity contribution in [2.75, 3.05) is 13.1 Å². The molecule has 1 fully saturated rings. The molecule has 0 radical (unpaired) electrons. The fourth-order valence-corrected chi connectivity index (χ4v) is 3.98. The molecule has 0 saturated carbocycles. The number of rotatable bonds is 6. The topological polar surface area (TPSA) is 106 Å². The minimum absolute atomic E-state index is 0.0287. The molecule has 1 N–H and O–H groups in total. The summed E-state index contributed by atoms with van der Waals surface area (Å²) < 4.78 is 1.44. The Hall–Kier alpha value is -3.59. The van der Waals surface area contributed by atoms with E-state index in [2.05, 4.69) is 39.6 Å². The number of non-ortho nitro benzene ring substituents is 1. The lowest BCUT2D eigenvalue weighted by atomic mass is 10.1. The first-order valence-electron chi connectivity index (χ1n) is 10.2. The highest BCUT2D eigenvalue weighted by Crippen LogP contribution is 2.25. The Bertz CT molecular complexity index is 1100. The largest absolute Gasteiger partial charge is 0.347 e. The van der Waals surface area contributed by atoms with E-state index < -0.39 is 4.92 Å². The second-order valence-corrected chi connectivity index (χ2v) is 7.75. The van der Waals surface area contributed by atoms with Gasteiger partial charge in [0.2, 0.25) is 0 Å². The van der Waals surface area contributed by atoms with E-state index in [0.717, 1.165) is 19.5 Å². The van der Waals surface area contributed by atoms with Crippen LogP contribution in [0.5, 0.6) is 0 Å². The number of nitrogens with zero attached hydrogens (tertiary/aromatic N) is 5. The Balaban J connectivity index is 1.43. The fourth-order valence-electron chi connectivity index (χ4n) is 3.98. The van der Waals surface area contributed by atoms with Gasteiger partial charge in [0.1, 0.15) is 0 Å². The van der Waals surface area contributed by atoms with Crippen LogP contribution >= 0.6 is 0 Å². The molecule has 31 heavy (non-hydrogen) atoms. The lowest BCUT2D eigenvalue weighted by molar-refractivity contribution is -0.384. The van der Waals surface area contributed by atoms with Gasteiger partial charge in [-0.05, 0) is 31.9 Å². The molecule has 1 aliphatic heterocycles. The van der Waals surface area contributed by atoms with Crippen molar-refractivity contribution in [1.82, 2.24) is 25.2 Å². The van der Waals surface area contributed by atoms with Crippen molar-refractivity contribution in [2.45, 2.75) is 32.4 Å². The normalized spacial score (nSPS) is 17.4. The zero-order valence-electron chi connectivity index (χ0n) is 17.4. The van der Waals surface area contributed by atoms with Gasteiger partial charge in [-0.1, -0.05) is 41.6 Å². The molecule has 1 amide bonds. The molecule has 2 heterocycles. The number of carbonyl (C=O) groups excluding carboxylic acids is 1. The lowest BCUT2D eigenvalue weighted by Crippen LogP contribution is -2.38. The van der Waals surface area contributed by atoms with E-state index in [1.807, 2.05) is 18.2 Å². The number of hydrogen-bond acceptors (Lipinski definition) is 6. The number of benzene rings is 2. The third-order valence-corrected chi connectivity index (χ3v) is 5.78. The summed E-state index contributed by atoms with van der Waals surface area (Å²) in [7, 11) is 0. The van der Waals surface area contributed by atoms with E-state index in [1.165, 1.54) is 22.4 Å². The third kappa shape index (κ3) is 4.31. The van der Waals surface area contributed by atoms with Crippen molar-refractivity contribution in [2.24, 2.45) is 0 Å². The van der Waals surface area contributed by atoms with Crippen molar-refractivity contribution in [3.8, 4) is 5.69 Å². The summed E-state index contributed by atoms with van der Waals surface area (Å²) in [6, 6.07) is 16.7. The molecule has 1 aromatic heterocycles. The van der Waals surface area contributed by atoms with E-state index in [1.54, 1.807) is 19.1 Å². The molecule has 9 nitrogen and oxygen atoms in total. The highest BCUT2D eigenvalue weighted by atomic mass is 16.6. The Kier molecular flexibility index (Phi) is 5.77. The highest BCUT2D eigenvalue weighted by Gasteiger charge is 2.29. The van der Waals surface area contributed by atoms with Gasteiger partial charge in [0.05, 0.1) is 16.3 Å². The molecule has 0 bridgehead atoms. The van der Waals surface area contributed by atoms with E-state index >= 15 is 0 Å². The number of nitro benzene ring substituents is 1. The van der Waals surface area contributed by atoms with Crippen molar-refractivity contribution < 1.29 is 9.72 Å². The minimum Gasteiger partial charge on any atom is -0.347 e. The molecule has 9 heteroatoms. The van der Waals surface area contributed by atoms with Crippen LogP contribution in [0.25, 0.3) is 5.69 Å². The lowest BCUT2D eigenvalue weighted by Gasteiger charge is -2.24. The van der Waals surface area contributed by atoms with Crippen molar-refractivity contribution in [3.63, 3.8) is 0 Å². The molecule has 3 aromatic rings. The SMILES string of the molecule is Cc1c(C(=O)NC2CCN(C(C)c3ccccc3)C2)nnn1-c1cccc([N+](=O)[O-])c1. The van der Waals surface area contributed by atoms with Crippen LogP contribution in [0.3, 0.4) is 0 Å². The van der Waals surface area contributed by atoms with Crippen LogP contribution in [0, 0.1) is 17.0 Å². The summed E-state index contributed by atoms with van der Waals surface area (Å²) in [5, 5.41) is 22.2. The molecule has 160 valence electrons. The zero-order valence-corrected chi connectivity index (χ0v) is 17.4. The number of aromatic nitrogens is 3. The molecule has 1 saturated heterocycles. The van der Waals surface area contributed by atoms with Gasteiger partial charge < -0.3 is 5.32 Å². The fraction of sp³-hybridized carbons (Fsp3) is 0.318. The Morgan fingerprint density at radius 3 is 2.74 bits per heavy atom. The average molecular weight is 420 g/mol. The first kappa shape index (κ1) is 20.7. The second-order valence-electron chi connectivity index (χ2n) is 7.75. The molecule has 4 rings (SSSR count). The first-order valence-corrected chi connectivity index (χ1v) is 10.2. The van der Waals surface area contributed by atoms with Crippen LogP contribution in [-0.2, 0) is 0 Å². The van der Waals surface area contributed by atoms with Crippen LogP contribution in [0.4, 0.5) is 5.69 Å². The molecular weight excluding hydrogens is 396 g/mol. The Labute approximate surface area is 179 Å². The van der Waals surface area contributed by atoms with Gasteiger partial charge in [-0.3, -0.25) is 19.8 Å². The first-order chi connectivity index (χ1) is 14.9. The summed E-state index contributed by atoms with van der Waals surface area (Å²) >= 11 is 0. The number of amides is 1. The quantitative estimate of drug-likeness (QED) is 0.485. The van der Waals surface area contributed by atoms with Crippen LogP contribution in [0.15, 0.2) is 54.6 Å². The summed E-state index contributed by atoms with van der Waals surface area (Å²) in [4.78, 5) is 25.8. The Morgan fingerprint density at radius 2 is 2.00 bits per heavy atom. The van der Waals surface area contributed by atoms with Crippen LogP contribution in [-0.4, -0.2) is 49.9 Å². The predicted molar refractivity (Wildman–Crippen MR) is 115 cm³/mol. The summed E-state index contributed by atoms with van der Waals surface area (Å²) in [6.45, 7) is 5.57. The van der Waals surface area contributed by atoms with E-state index in [4.69, 9.17) is 0 Å². The maximum Gasteiger partial charge on any atom is 0.274 e. The molecule has 0 aliphatic carbocycles. The summed E-state index contributed by atoms with van der Waals surface area (Å²) in [5.41, 5.74) is 2.45. The van der Waals surface area contributed by atoms with Gasteiger partial charge in [0.15, 0.2) is 5.69 Å². The third-order valence-electron chi connectivity index (χ3n) is 5.78.